The van der Waals surface area contributed by atoms with Gasteiger partial charge in [-0.05, 0) is 18.1 Å². The van der Waals surface area contributed by atoms with E-state index in [9.17, 15) is 4.79 Å². The summed E-state index contributed by atoms with van der Waals surface area (Å²) in [5.74, 6) is -0.532. The molecule has 0 fully saturated rings. The molecule has 0 saturated heterocycles. The minimum absolute atomic E-state index is 0. The number of aliphatic carboxylic acids is 1. The Morgan fingerprint density at radius 1 is 1.41 bits per heavy atom. The predicted molar refractivity (Wildman–Crippen MR) is 65.6 cm³/mol. The number of aliphatic hydroxyl groups excluding tert-OH is 1. The molecule has 1 aromatic carbocycles. The number of rotatable bonds is 6. The first-order chi connectivity index (χ1) is 7.63. The van der Waals surface area contributed by atoms with Gasteiger partial charge in [0, 0.05) is 6.04 Å². The highest BCUT2D eigenvalue weighted by Gasteiger charge is 2.08. The molecule has 17 heavy (non-hydrogen) atoms. The van der Waals surface area contributed by atoms with E-state index in [0.717, 1.165) is 5.56 Å². The van der Waals surface area contributed by atoms with E-state index in [-0.39, 0.29) is 31.7 Å². The zero-order valence-electron chi connectivity index (χ0n) is 9.20. The Balaban J connectivity index is 0.00000256. The van der Waals surface area contributed by atoms with E-state index in [0.29, 0.717) is 12.2 Å². The van der Waals surface area contributed by atoms with Crippen LogP contribution >= 0.6 is 12.4 Å². The zero-order valence-corrected chi connectivity index (χ0v) is 10.0. The fraction of sp³-hybridized carbons (Fsp3) is 0.364. The van der Waals surface area contributed by atoms with Crippen LogP contribution in [0.1, 0.15) is 5.56 Å². The highest BCUT2D eigenvalue weighted by molar-refractivity contribution is 5.85. The van der Waals surface area contributed by atoms with Crippen molar-refractivity contribution in [3.05, 3.63) is 29.8 Å². The number of carbonyl (C=O) groups is 1. The van der Waals surface area contributed by atoms with Crippen LogP contribution in [0.4, 0.5) is 0 Å². The molecule has 0 aliphatic rings. The number of benzene rings is 1. The lowest BCUT2D eigenvalue weighted by Gasteiger charge is -2.12. The summed E-state index contributed by atoms with van der Waals surface area (Å²) in [6.07, 6.45) is 0.451. The van der Waals surface area contributed by atoms with E-state index in [4.69, 9.17) is 20.7 Å². The Bertz CT molecular complexity index is 359. The van der Waals surface area contributed by atoms with Crippen molar-refractivity contribution in [2.45, 2.75) is 12.5 Å². The summed E-state index contributed by atoms with van der Waals surface area (Å²) in [4.78, 5) is 10.4. The summed E-state index contributed by atoms with van der Waals surface area (Å²) in [6.45, 7) is -0.501. The van der Waals surface area contributed by atoms with Crippen molar-refractivity contribution in [3.63, 3.8) is 0 Å². The molecule has 1 aromatic rings. The molecule has 0 radical (unpaired) electrons. The molecule has 0 saturated carbocycles. The van der Waals surface area contributed by atoms with Crippen LogP contribution in [0.2, 0.25) is 0 Å². The summed E-state index contributed by atoms with van der Waals surface area (Å²) in [5, 5.41) is 17.3. The van der Waals surface area contributed by atoms with Crippen molar-refractivity contribution >= 4 is 18.4 Å². The number of hydrogen-bond donors (Lipinski definition) is 3. The van der Waals surface area contributed by atoms with E-state index in [1.807, 2.05) is 6.07 Å². The number of hydrogen-bond acceptors (Lipinski definition) is 4. The van der Waals surface area contributed by atoms with Gasteiger partial charge in [-0.3, -0.25) is 0 Å². The zero-order chi connectivity index (χ0) is 12.0. The highest BCUT2D eigenvalue weighted by atomic mass is 35.5. The maximum Gasteiger partial charge on any atom is 0.341 e. The van der Waals surface area contributed by atoms with E-state index in [2.05, 4.69) is 0 Å². The summed E-state index contributed by atoms with van der Waals surface area (Å²) in [6, 6.07) is 6.68. The monoisotopic (exact) mass is 261 g/mol. The van der Waals surface area contributed by atoms with Crippen LogP contribution in [-0.4, -0.2) is 35.4 Å². The smallest absolute Gasteiger partial charge is 0.341 e. The maximum atomic E-state index is 10.4. The Kier molecular flexibility index (Phi) is 7.29. The Hall–Kier alpha value is -1.30. The number of aliphatic hydroxyl groups is 1. The molecule has 6 heteroatoms. The molecule has 1 unspecified atom stereocenters. The van der Waals surface area contributed by atoms with E-state index >= 15 is 0 Å². The van der Waals surface area contributed by atoms with E-state index in [1.165, 1.54) is 0 Å². The molecule has 0 aromatic heterocycles. The lowest BCUT2D eigenvalue weighted by atomic mass is 10.1. The minimum atomic E-state index is -1.03. The largest absolute Gasteiger partial charge is 0.482 e. The number of nitrogens with two attached hydrogens (primary N) is 1. The third kappa shape index (κ3) is 5.53. The van der Waals surface area contributed by atoms with Crippen LogP contribution in [0.15, 0.2) is 24.3 Å². The molecule has 0 aliphatic carbocycles. The van der Waals surface area contributed by atoms with Gasteiger partial charge in [0.15, 0.2) is 6.61 Å². The van der Waals surface area contributed by atoms with Gasteiger partial charge in [-0.1, -0.05) is 18.2 Å². The number of carboxylic acids is 1. The first kappa shape index (κ1) is 15.7. The summed E-state index contributed by atoms with van der Waals surface area (Å²) >= 11 is 0. The van der Waals surface area contributed by atoms with Crippen molar-refractivity contribution in [3.8, 4) is 5.75 Å². The maximum absolute atomic E-state index is 10.4. The van der Waals surface area contributed by atoms with Crippen molar-refractivity contribution in [2.24, 2.45) is 5.73 Å². The second kappa shape index (κ2) is 7.89. The average molecular weight is 262 g/mol. The van der Waals surface area contributed by atoms with E-state index in [1.54, 1.807) is 18.2 Å². The first-order valence-electron chi connectivity index (χ1n) is 4.92. The Labute approximate surface area is 106 Å². The number of ether oxygens (including phenoxy) is 1. The normalized spacial score (nSPS) is 11.4. The third-order valence-corrected chi connectivity index (χ3v) is 2.04. The van der Waals surface area contributed by atoms with Gasteiger partial charge < -0.3 is 20.7 Å². The summed E-state index contributed by atoms with van der Waals surface area (Å²) in [5.41, 5.74) is 6.40. The molecular formula is C11H16ClNO4. The number of halogens is 1. The predicted octanol–water partition coefficient (Wildman–Crippen LogP) is 0.434. The highest BCUT2D eigenvalue weighted by Crippen LogP contribution is 2.19. The topological polar surface area (TPSA) is 92.8 Å². The van der Waals surface area contributed by atoms with Crippen molar-refractivity contribution in [2.75, 3.05) is 13.2 Å². The average Bonchev–Trinajstić information content (AvgIpc) is 2.27. The third-order valence-electron chi connectivity index (χ3n) is 2.04. The molecule has 0 spiro atoms. The quantitative estimate of drug-likeness (QED) is 0.691. The lowest BCUT2D eigenvalue weighted by molar-refractivity contribution is -0.139. The second-order valence-corrected chi connectivity index (χ2v) is 3.44. The fourth-order valence-electron chi connectivity index (χ4n) is 1.30. The molecule has 96 valence electrons. The van der Waals surface area contributed by atoms with Crippen LogP contribution in [0.5, 0.6) is 5.75 Å². The fourth-order valence-corrected chi connectivity index (χ4v) is 1.30. The summed E-state index contributed by atoms with van der Waals surface area (Å²) < 4.78 is 5.11. The van der Waals surface area contributed by atoms with Gasteiger partial charge in [0.2, 0.25) is 0 Å². The standard InChI is InChI=1S/C11H15NO4.ClH/c12-9(6-13)5-8-3-1-2-4-10(8)16-7-11(14)15;/h1-4,9,13H,5-7,12H2,(H,14,15);1H. The van der Waals surface area contributed by atoms with Crippen LogP contribution in [0, 0.1) is 0 Å². The Morgan fingerprint density at radius 3 is 2.65 bits per heavy atom. The van der Waals surface area contributed by atoms with Gasteiger partial charge >= 0.3 is 5.97 Å². The van der Waals surface area contributed by atoms with Crippen LogP contribution in [-0.2, 0) is 11.2 Å². The first-order valence-corrected chi connectivity index (χ1v) is 4.92. The molecule has 0 aliphatic heterocycles. The molecule has 1 rings (SSSR count). The summed E-state index contributed by atoms with van der Waals surface area (Å²) in [7, 11) is 0. The molecule has 0 amide bonds. The van der Waals surface area contributed by atoms with Crippen molar-refractivity contribution in [1.82, 2.24) is 0 Å². The van der Waals surface area contributed by atoms with Crippen LogP contribution in [0.3, 0.4) is 0 Å². The van der Waals surface area contributed by atoms with Gasteiger partial charge in [0.1, 0.15) is 5.75 Å². The molecule has 1 atom stereocenters. The lowest BCUT2D eigenvalue weighted by Crippen LogP contribution is -2.27. The second-order valence-electron chi connectivity index (χ2n) is 3.44. The molecule has 0 heterocycles. The number of carboxylic acid groups (broad SMARTS) is 1. The Morgan fingerprint density at radius 2 is 2.06 bits per heavy atom. The van der Waals surface area contributed by atoms with Gasteiger partial charge in [-0.15, -0.1) is 12.4 Å². The SMILES string of the molecule is Cl.NC(CO)Cc1ccccc1OCC(=O)O. The minimum Gasteiger partial charge on any atom is -0.482 e. The van der Waals surface area contributed by atoms with Crippen molar-refractivity contribution in [1.29, 1.82) is 0 Å². The molecule has 0 bridgehead atoms. The van der Waals surface area contributed by atoms with Crippen LogP contribution < -0.4 is 10.5 Å². The number of para-hydroxylation sites is 1. The van der Waals surface area contributed by atoms with Crippen molar-refractivity contribution < 1.29 is 19.7 Å². The van der Waals surface area contributed by atoms with E-state index < -0.39 is 5.97 Å². The molecular weight excluding hydrogens is 246 g/mol. The molecule has 5 nitrogen and oxygen atoms in total. The van der Waals surface area contributed by atoms with Gasteiger partial charge in [-0.25, -0.2) is 4.79 Å². The molecule has 4 N–H and O–H groups in total. The van der Waals surface area contributed by atoms with Gasteiger partial charge in [0.05, 0.1) is 6.61 Å². The van der Waals surface area contributed by atoms with Crippen LogP contribution in [0.25, 0.3) is 0 Å². The van der Waals surface area contributed by atoms with Gasteiger partial charge in [-0.2, -0.15) is 0 Å². The van der Waals surface area contributed by atoms with Gasteiger partial charge in [0.25, 0.3) is 0 Å².